The van der Waals surface area contributed by atoms with Crippen LogP contribution in [-0.4, -0.2) is 13.2 Å². The van der Waals surface area contributed by atoms with Crippen LogP contribution in [0.3, 0.4) is 0 Å². The van der Waals surface area contributed by atoms with Gasteiger partial charge in [-0.25, -0.2) is 17.6 Å². The lowest BCUT2D eigenvalue weighted by atomic mass is 9.75. The second kappa shape index (κ2) is 12.1. The van der Waals surface area contributed by atoms with E-state index in [1.54, 1.807) is 13.8 Å². The Balaban J connectivity index is 1.42. The molecule has 38 heavy (non-hydrogen) atoms. The van der Waals surface area contributed by atoms with Gasteiger partial charge in [-0.05, 0) is 98.6 Å². The van der Waals surface area contributed by atoms with Crippen LogP contribution in [0.5, 0.6) is 11.5 Å². The van der Waals surface area contributed by atoms with E-state index in [0.29, 0.717) is 25.7 Å². The van der Waals surface area contributed by atoms with Crippen LogP contribution < -0.4 is 9.47 Å². The summed E-state index contributed by atoms with van der Waals surface area (Å²) < 4.78 is 97.6. The molecule has 3 aromatic rings. The van der Waals surface area contributed by atoms with Crippen molar-refractivity contribution >= 4 is 0 Å². The fourth-order valence-corrected chi connectivity index (χ4v) is 5.26. The van der Waals surface area contributed by atoms with E-state index in [0.717, 1.165) is 0 Å². The number of benzene rings is 3. The molecule has 0 amide bonds. The molecule has 2 nitrogen and oxygen atoms in total. The molecule has 1 fully saturated rings. The number of halogens is 6. The summed E-state index contributed by atoms with van der Waals surface area (Å²) in [5, 5.41) is 0. The molecule has 0 N–H and O–H groups in total. The molecule has 1 aliphatic rings. The normalized spacial score (nSPS) is 17.5. The number of hydrogen-bond acceptors (Lipinski definition) is 2. The third kappa shape index (κ3) is 5.64. The van der Waals surface area contributed by atoms with E-state index < -0.39 is 34.9 Å². The van der Waals surface area contributed by atoms with Crippen molar-refractivity contribution in [3.63, 3.8) is 0 Å². The van der Waals surface area contributed by atoms with Gasteiger partial charge in [0.1, 0.15) is 0 Å². The Hall–Kier alpha value is -3.16. The predicted molar refractivity (Wildman–Crippen MR) is 133 cm³/mol. The Labute approximate surface area is 218 Å². The quantitative estimate of drug-likeness (QED) is 0.255. The zero-order chi connectivity index (χ0) is 27.4. The third-order valence-corrected chi connectivity index (χ3v) is 7.27. The van der Waals surface area contributed by atoms with Gasteiger partial charge in [0.2, 0.25) is 11.6 Å². The number of rotatable bonds is 9. The van der Waals surface area contributed by atoms with Crippen LogP contribution in [0, 0.1) is 34.9 Å². The summed E-state index contributed by atoms with van der Waals surface area (Å²) >= 11 is 0. The van der Waals surface area contributed by atoms with Crippen LogP contribution in [0.4, 0.5) is 26.3 Å². The molecule has 0 radical (unpaired) electrons. The van der Waals surface area contributed by atoms with Crippen molar-refractivity contribution in [2.45, 2.75) is 64.2 Å². The van der Waals surface area contributed by atoms with Gasteiger partial charge in [-0.15, -0.1) is 0 Å². The monoisotopic (exact) mass is 536 g/mol. The van der Waals surface area contributed by atoms with E-state index in [-0.39, 0.29) is 71.6 Å². The smallest absolute Gasteiger partial charge is 0.200 e. The Morgan fingerprint density at radius 2 is 0.895 bits per heavy atom. The van der Waals surface area contributed by atoms with Crippen molar-refractivity contribution in [3.05, 3.63) is 93.6 Å². The first-order valence-corrected chi connectivity index (χ1v) is 12.9. The van der Waals surface area contributed by atoms with Gasteiger partial charge in [-0.3, -0.25) is 0 Å². The van der Waals surface area contributed by atoms with E-state index in [1.807, 2.05) is 0 Å². The Bertz CT molecular complexity index is 1280. The van der Waals surface area contributed by atoms with Crippen molar-refractivity contribution in [1.29, 1.82) is 0 Å². The minimum Gasteiger partial charge on any atom is -0.491 e. The van der Waals surface area contributed by atoms with Gasteiger partial charge >= 0.3 is 0 Å². The highest BCUT2D eigenvalue weighted by Gasteiger charge is 2.29. The highest BCUT2D eigenvalue weighted by Crippen LogP contribution is 2.43. The maximum atomic E-state index is 15.1. The molecule has 0 bridgehead atoms. The molecule has 0 aromatic heterocycles. The van der Waals surface area contributed by atoms with Crippen molar-refractivity contribution in [2.24, 2.45) is 0 Å². The lowest BCUT2D eigenvalue weighted by Gasteiger charge is -2.30. The van der Waals surface area contributed by atoms with E-state index in [9.17, 15) is 22.0 Å². The first kappa shape index (κ1) is 27.9. The lowest BCUT2D eigenvalue weighted by molar-refractivity contribution is 0.310. The summed E-state index contributed by atoms with van der Waals surface area (Å²) in [6.45, 7) is 3.74. The second-order valence-electron chi connectivity index (χ2n) is 9.49. The standard InChI is InChI=1S/C30H30F6O2/c1-3-37-23-15-12-20(26(32)29(23)35)10-9-19-11-13-21(27(33)25(19)31)17-5-7-18(8-6-17)22-14-16-24(38-4-2)30(36)28(22)34/h11-18H,3-10H2,1-2H3. The maximum absolute atomic E-state index is 15.1. The fourth-order valence-electron chi connectivity index (χ4n) is 5.26. The third-order valence-electron chi connectivity index (χ3n) is 7.27. The molecule has 0 saturated heterocycles. The minimum absolute atomic E-state index is 0.0112. The fraction of sp³-hybridized carbons (Fsp3) is 0.400. The summed E-state index contributed by atoms with van der Waals surface area (Å²) in [5.41, 5.74) is 0.623. The molecular formula is C30H30F6O2. The molecule has 0 unspecified atom stereocenters. The van der Waals surface area contributed by atoms with Crippen molar-refractivity contribution in [2.75, 3.05) is 13.2 Å². The van der Waals surface area contributed by atoms with Gasteiger partial charge in [0, 0.05) is 0 Å². The van der Waals surface area contributed by atoms with Gasteiger partial charge in [0.25, 0.3) is 0 Å². The first-order valence-electron chi connectivity index (χ1n) is 12.9. The molecule has 1 saturated carbocycles. The van der Waals surface area contributed by atoms with E-state index in [4.69, 9.17) is 9.47 Å². The highest BCUT2D eigenvalue weighted by atomic mass is 19.2. The van der Waals surface area contributed by atoms with Gasteiger partial charge < -0.3 is 9.47 Å². The van der Waals surface area contributed by atoms with Crippen molar-refractivity contribution in [3.8, 4) is 11.5 Å². The summed E-state index contributed by atoms with van der Waals surface area (Å²) in [6.07, 6.45) is 1.96. The van der Waals surface area contributed by atoms with E-state index in [1.165, 1.54) is 36.4 Å². The van der Waals surface area contributed by atoms with E-state index in [2.05, 4.69) is 0 Å². The van der Waals surface area contributed by atoms with E-state index >= 15 is 4.39 Å². The number of hydrogen-bond donors (Lipinski definition) is 0. The zero-order valence-corrected chi connectivity index (χ0v) is 21.4. The topological polar surface area (TPSA) is 18.5 Å². The van der Waals surface area contributed by atoms with Gasteiger partial charge in [0.15, 0.2) is 34.8 Å². The summed E-state index contributed by atoms with van der Waals surface area (Å²) in [5.74, 6) is -6.87. The van der Waals surface area contributed by atoms with Gasteiger partial charge in [-0.2, -0.15) is 8.78 Å². The average molecular weight is 537 g/mol. The molecule has 0 spiro atoms. The Morgan fingerprint density at radius 3 is 1.39 bits per heavy atom. The summed E-state index contributed by atoms with van der Waals surface area (Å²) in [7, 11) is 0. The summed E-state index contributed by atoms with van der Waals surface area (Å²) in [6, 6.07) is 8.66. The molecule has 8 heteroatoms. The van der Waals surface area contributed by atoms with Crippen LogP contribution in [-0.2, 0) is 12.8 Å². The Kier molecular flexibility index (Phi) is 8.90. The maximum Gasteiger partial charge on any atom is 0.200 e. The van der Waals surface area contributed by atoms with Gasteiger partial charge in [-0.1, -0.05) is 24.3 Å². The summed E-state index contributed by atoms with van der Waals surface area (Å²) in [4.78, 5) is 0. The zero-order valence-electron chi connectivity index (χ0n) is 21.4. The molecule has 0 atom stereocenters. The molecule has 204 valence electrons. The molecular weight excluding hydrogens is 506 g/mol. The predicted octanol–water partition coefficient (Wildman–Crippen LogP) is 8.55. The van der Waals surface area contributed by atoms with Crippen LogP contribution in [0.15, 0.2) is 36.4 Å². The minimum atomic E-state index is -1.10. The van der Waals surface area contributed by atoms with Crippen molar-refractivity contribution in [1.82, 2.24) is 0 Å². The largest absolute Gasteiger partial charge is 0.491 e. The van der Waals surface area contributed by atoms with Gasteiger partial charge in [0.05, 0.1) is 13.2 Å². The van der Waals surface area contributed by atoms with Crippen LogP contribution in [0.1, 0.15) is 73.6 Å². The van der Waals surface area contributed by atoms with Crippen LogP contribution in [0.2, 0.25) is 0 Å². The second-order valence-corrected chi connectivity index (χ2v) is 9.49. The van der Waals surface area contributed by atoms with Crippen molar-refractivity contribution < 1.29 is 35.8 Å². The number of ether oxygens (including phenoxy) is 2. The van der Waals surface area contributed by atoms with Crippen LogP contribution >= 0.6 is 0 Å². The molecule has 4 rings (SSSR count). The average Bonchev–Trinajstić information content (AvgIpc) is 2.92. The SMILES string of the molecule is CCOc1ccc(CCc2ccc(C3CCC(c4ccc(OCC)c(F)c4F)CC3)c(F)c2F)c(F)c1F. The van der Waals surface area contributed by atoms with Crippen LogP contribution in [0.25, 0.3) is 0 Å². The highest BCUT2D eigenvalue weighted by molar-refractivity contribution is 5.35. The molecule has 1 aliphatic carbocycles. The first-order chi connectivity index (χ1) is 18.3. The molecule has 0 heterocycles. The lowest BCUT2D eigenvalue weighted by Crippen LogP contribution is -2.16. The molecule has 0 aliphatic heterocycles. The Morgan fingerprint density at radius 1 is 0.526 bits per heavy atom. The molecule has 3 aromatic carbocycles. The number of aryl methyl sites for hydroxylation is 2.